The predicted octanol–water partition coefficient (Wildman–Crippen LogP) is 3.94. The molecule has 0 unspecified atom stereocenters. The number of anilines is 1. The average Bonchev–Trinajstić information content (AvgIpc) is 2.43. The van der Waals surface area contributed by atoms with E-state index in [-0.39, 0.29) is 11.5 Å². The Kier molecular flexibility index (Phi) is 4.27. The topological polar surface area (TPSA) is 66.4 Å². The van der Waals surface area contributed by atoms with Gasteiger partial charge in [0, 0.05) is 11.3 Å². The molecule has 6 heteroatoms. The molecular formula is C14H9Cl2NO3. The number of carbonyl (C=O) groups is 2. The lowest BCUT2D eigenvalue weighted by atomic mass is 10.1. The molecule has 0 aromatic heterocycles. The van der Waals surface area contributed by atoms with E-state index in [1.165, 1.54) is 30.3 Å². The third-order valence-electron chi connectivity index (χ3n) is 2.57. The van der Waals surface area contributed by atoms with E-state index in [2.05, 4.69) is 5.32 Å². The Labute approximate surface area is 124 Å². The lowest BCUT2D eigenvalue weighted by molar-refractivity contribution is 0.0696. The van der Waals surface area contributed by atoms with Crippen LogP contribution in [0.3, 0.4) is 0 Å². The second-order valence-corrected chi connectivity index (χ2v) is 4.78. The number of carboxylic acids is 1. The monoisotopic (exact) mass is 309 g/mol. The molecular weight excluding hydrogens is 301 g/mol. The zero-order valence-electron chi connectivity index (χ0n) is 10.1. The molecule has 1 amide bonds. The van der Waals surface area contributed by atoms with Crippen molar-refractivity contribution in [3.63, 3.8) is 0 Å². The molecule has 0 spiro atoms. The summed E-state index contributed by atoms with van der Waals surface area (Å²) in [7, 11) is 0. The molecule has 0 saturated heterocycles. The Bertz CT molecular complexity index is 669. The molecule has 0 fully saturated rings. The summed E-state index contributed by atoms with van der Waals surface area (Å²) in [5.74, 6) is -1.40. The number of halogens is 2. The van der Waals surface area contributed by atoms with Crippen molar-refractivity contribution in [1.82, 2.24) is 0 Å². The van der Waals surface area contributed by atoms with Crippen molar-refractivity contribution in [2.45, 2.75) is 0 Å². The molecule has 2 aromatic rings. The quantitative estimate of drug-likeness (QED) is 0.902. The second-order valence-electron chi connectivity index (χ2n) is 3.97. The summed E-state index contributed by atoms with van der Waals surface area (Å²) in [4.78, 5) is 22.7. The highest BCUT2D eigenvalue weighted by Crippen LogP contribution is 2.25. The molecule has 2 N–H and O–H groups in total. The smallest absolute Gasteiger partial charge is 0.335 e. The highest BCUT2D eigenvalue weighted by Gasteiger charge is 2.09. The minimum absolute atomic E-state index is 0.121. The first kappa shape index (κ1) is 14.4. The van der Waals surface area contributed by atoms with Crippen molar-refractivity contribution >= 4 is 40.8 Å². The summed E-state index contributed by atoms with van der Waals surface area (Å²) in [6, 6.07) is 10.4. The normalized spacial score (nSPS) is 10.1. The van der Waals surface area contributed by atoms with Crippen LogP contribution in [0, 0.1) is 0 Å². The van der Waals surface area contributed by atoms with Crippen molar-refractivity contribution in [2.24, 2.45) is 0 Å². The first-order valence-electron chi connectivity index (χ1n) is 5.57. The first-order valence-corrected chi connectivity index (χ1v) is 6.33. The van der Waals surface area contributed by atoms with Gasteiger partial charge in [0.1, 0.15) is 0 Å². The molecule has 0 aliphatic rings. The maximum Gasteiger partial charge on any atom is 0.335 e. The van der Waals surface area contributed by atoms with E-state index >= 15 is 0 Å². The van der Waals surface area contributed by atoms with Gasteiger partial charge in [0.2, 0.25) is 0 Å². The van der Waals surface area contributed by atoms with Crippen LogP contribution in [0.1, 0.15) is 20.7 Å². The van der Waals surface area contributed by atoms with Crippen molar-refractivity contribution in [1.29, 1.82) is 0 Å². The fourth-order valence-electron chi connectivity index (χ4n) is 1.54. The van der Waals surface area contributed by atoms with Crippen LogP contribution in [-0.2, 0) is 0 Å². The number of hydrogen-bond donors (Lipinski definition) is 2. The lowest BCUT2D eigenvalue weighted by Gasteiger charge is -2.06. The van der Waals surface area contributed by atoms with E-state index in [0.717, 1.165) is 0 Å². The Hall–Kier alpha value is -2.04. The van der Waals surface area contributed by atoms with Gasteiger partial charge in [-0.15, -0.1) is 0 Å². The number of rotatable bonds is 3. The first-order chi connectivity index (χ1) is 9.47. The number of amides is 1. The maximum absolute atomic E-state index is 12.0. The van der Waals surface area contributed by atoms with Crippen molar-refractivity contribution in [3.05, 3.63) is 63.6 Å². The van der Waals surface area contributed by atoms with Gasteiger partial charge in [-0.2, -0.15) is 0 Å². The number of carbonyl (C=O) groups excluding carboxylic acids is 1. The molecule has 0 aliphatic heterocycles. The van der Waals surface area contributed by atoms with Crippen LogP contribution >= 0.6 is 23.2 Å². The van der Waals surface area contributed by atoms with Crippen molar-refractivity contribution < 1.29 is 14.7 Å². The Morgan fingerprint density at radius 3 is 2.05 bits per heavy atom. The molecule has 0 aliphatic carbocycles. The zero-order valence-corrected chi connectivity index (χ0v) is 11.6. The van der Waals surface area contributed by atoms with Crippen molar-refractivity contribution in [2.75, 3.05) is 5.32 Å². The molecule has 0 atom stereocenters. The van der Waals surface area contributed by atoms with E-state index in [4.69, 9.17) is 28.3 Å². The molecule has 0 radical (unpaired) electrons. The van der Waals surface area contributed by atoms with Gasteiger partial charge in [-0.05, 0) is 42.5 Å². The van der Waals surface area contributed by atoms with Gasteiger partial charge in [0.15, 0.2) is 0 Å². The van der Waals surface area contributed by atoms with Crippen LogP contribution in [0.2, 0.25) is 10.0 Å². The highest BCUT2D eigenvalue weighted by molar-refractivity contribution is 6.42. The van der Waals surface area contributed by atoms with Gasteiger partial charge in [0.25, 0.3) is 5.91 Å². The molecule has 2 rings (SSSR count). The van der Waals surface area contributed by atoms with Crippen LogP contribution in [0.5, 0.6) is 0 Å². The fraction of sp³-hybridized carbons (Fsp3) is 0. The predicted molar refractivity (Wildman–Crippen MR) is 77.8 cm³/mol. The summed E-state index contributed by atoms with van der Waals surface area (Å²) in [5.41, 5.74) is 0.976. The Balaban J connectivity index is 2.15. The molecule has 4 nitrogen and oxygen atoms in total. The maximum atomic E-state index is 12.0. The summed E-state index contributed by atoms with van der Waals surface area (Å²) < 4.78 is 0. The van der Waals surface area contributed by atoms with Crippen LogP contribution in [0.25, 0.3) is 0 Å². The standard InChI is InChI=1S/C14H9Cl2NO3/c15-11-6-5-10(7-12(11)16)17-13(18)8-1-3-9(4-2-8)14(19)20/h1-7H,(H,17,18)(H,19,20). The van der Waals surface area contributed by atoms with Gasteiger partial charge >= 0.3 is 5.97 Å². The average molecular weight is 310 g/mol. The van der Waals surface area contributed by atoms with Crippen LogP contribution < -0.4 is 5.32 Å². The van der Waals surface area contributed by atoms with Gasteiger partial charge in [0.05, 0.1) is 15.6 Å². The van der Waals surface area contributed by atoms with Crippen molar-refractivity contribution in [3.8, 4) is 0 Å². The minimum Gasteiger partial charge on any atom is -0.478 e. The minimum atomic E-state index is -1.04. The summed E-state index contributed by atoms with van der Waals surface area (Å²) in [5, 5.41) is 12.2. The third-order valence-corrected chi connectivity index (χ3v) is 3.31. The Morgan fingerprint density at radius 1 is 0.900 bits per heavy atom. The van der Waals surface area contributed by atoms with E-state index < -0.39 is 5.97 Å². The van der Waals surface area contributed by atoms with Gasteiger partial charge < -0.3 is 10.4 Å². The van der Waals surface area contributed by atoms with Crippen LogP contribution in [0.4, 0.5) is 5.69 Å². The number of benzene rings is 2. The number of carboxylic acid groups (broad SMARTS) is 1. The molecule has 20 heavy (non-hydrogen) atoms. The van der Waals surface area contributed by atoms with E-state index in [1.54, 1.807) is 12.1 Å². The third kappa shape index (κ3) is 3.29. The van der Waals surface area contributed by atoms with E-state index in [9.17, 15) is 9.59 Å². The summed E-state index contributed by atoms with van der Waals surface area (Å²) >= 11 is 11.6. The van der Waals surface area contributed by atoms with Gasteiger partial charge in [-0.1, -0.05) is 23.2 Å². The van der Waals surface area contributed by atoms with Crippen LogP contribution in [-0.4, -0.2) is 17.0 Å². The van der Waals surface area contributed by atoms with E-state index in [1.807, 2.05) is 0 Å². The fourth-order valence-corrected chi connectivity index (χ4v) is 1.84. The summed E-state index contributed by atoms with van der Waals surface area (Å²) in [6.45, 7) is 0. The highest BCUT2D eigenvalue weighted by atomic mass is 35.5. The zero-order chi connectivity index (χ0) is 14.7. The number of hydrogen-bond acceptors (Lipinski definition) is 2. The molecule has 2 aromatic carbocycles. The van der Waals surface area contributed by atoms with Gasteiger partial charge in [-0.3, -0.25) is 4.79 Å². The molecule has 0 bridgehead atoms. The Morgan fingerprint density at radius 2 is 1.50 bits per heavy atom. The molecule has 102 valence electrons. The van der Waals surface area contributed by atoms with Gasteiger partial charge in [-0.25, -0.2) is 4.79 Å². The summed E-state index contributed by atoms with van der Waals surface area (Å²) in [6.07, 6.45) is 0. The number of nitrogens with one attached hydrogen (secondary N) is 1. The molecule has 0 heterocycles. The largest absolute Gasteiger partial charge is 0.478 e. The van der Waals surface area contributed by atoms with Crippen LogP contribution in [0.15, 0.2) is 42.5 Å². The van der Waals surface area contributed by atoms with E-state index in [0.29, 0.717) is 21.3 Å². The molecule has 0 saturated carbocycles. The SMILES string of the molecule is O=C(O)c1ccc(C(=O)Nc2ccc(Cl)c(Cl)c2)cc1. The second kappa shape index (κ2) is 5.94. The number of aromatic carboxylic acids is 1. The lowest BCUT2D eigenvalue weighted by Crippen LogP contribution is -2.12.